The van der Waals surface area contributed by atoms with E-state index in [4.69, 9.17) is 24.9 Å². The molecule has 0 bridgehead atoms. The average molecular weight is 518 g/mol. The van der Waals surface area contributed by atoms with Crippen molar-refractivity contribution in [1.82, 2.24) is 19.9 Å². The van der Waals surface area contributed by atoms with Crippen LogP contribution in [0.1, 0.15) is 5.69 Å². The molecule has 0 saturated carbocycles. The Labute approximate surface area is 220 Å². The first-order chi connectivity index (χ1) is 18.5. The summed E-state index contributed by atoms with van der Waals surface area (Å²) in [6.07, 6.45) is 1.25. The molecule has 0 unspecified atom stereocenters. The fourth-order valence-electron chi connectivity index (χ4n) is 4.70. The minimum absolute atomic E-state index is 0.210. The predicted molar refractivity (Wildman–Crippen MR) is 147 cm³/mol. The van der Waals surface area contributed by atoms with Crippen molar-refractivity contribution in [2.24, 2.45) is 0 Å². The summed E-state index contributed by atoms with van der Waals surface area (Å²) < 4.78 is 18.8. The number of nitrogens with one attached hydrogen (secondary N) is 2. The monoisotopic (exact) mass is 517 g/mol. The molecule has 11 heteroatoms. The third-order valence-electron chi connectivity index (χ3n) is 6.56. The summed E-state index contributed by atoms with van der Waals surface area (Å²) in [6, 6.07) is 13.9. The number of aromatic nitrogens is 3. The molecule has 0 radical (unpaired) electrons. The Morgan fingerprint density at radius 3 is 2.92 bits per heavy atom. The summed E-state index contributed by atoms with van der Waals surface area (Å²) in [4.78, 5) is 22.5. The number of amides is 1. The average Bonchev–Trinajstić information content (AvgIpc) is 3.27. The molecular formula is C27H31N7O4. The van der Waals surface area contributed by atoms with Crippen LogP contribution < -0.4 is 26.0 Å². The predicted octanol–water partition coefficient (Wildman–Crippen LogP) is 3.76. The third-order valence-corrected chi connectivity index (χ3v) is 6.56. The summed E-state index contributed by atoms with van der Waals surface area (Å²) >= 11 is 0. The molecule has 1 amide bonds. The number of rotatable bonds is 8. The van der Waals surface area contributed by atoms with Crippen molar-refractivity contribution < 1.29 is 19.0 Å². The molecule has 2 aromatic heterocycles. The van der Waals surface area contributed by atoms with Gasteiger partial charge in [-0.3, -0.25) is 0 Å². The van der Waals surface area contributed by atoms with Crippen LogP contribution >= 0.6 is 0 Å². The van der Waals surface area contributed by atoms with Crippen molar-refractivity contribution in [3.05, 3.63) is 54.4 Å². The van der Waals surface area contributed by atoms with Gasteiger partial charge < -0.3 is 40.0 Å². The molecule has 5 rings (SSSR count). The number of carbonyl (C=O) groups is 1. The smallest absolute Gasteiger partial charge is 0.406 e. The molecule has 1 aliphatic heterocycles. The van der Waals surface area contributed by atoms with Crippen LogP contribution in [0.15, 0.2) is 48.7 Å². The number of hydrogen-bond acceptors (Lipinski definition) is 9. The van der Waals surface area contributed by atoms with E-state index >= 15 is 0 Å². The van der Waals surface area contributed by atoms with Gasteiger partial charge in [0.1, 0.15) is 12.4 Å². The van der Waals surface area contributed by atoms with Gasteiger partial charge >= 0.3 is 6.09 Å². The Morgan fingerprint density at radius 2 is 2.11 bits per heavy atom. The van der Waals surface area contributed by atoms with Crippen molar-refractivity contribution in [3.63, 3.8) is 0 Å². The first-order valence-electron chi connectivity index (χ1n) is 12.3. The van der Waals surface area contributed by atoms with Crippen LogP contribution in [0, 0.1) is 0 Å². The Hall–Kier alpha value is -4.51. The van der Waals surface area contributed by atoms with Gasteiger partial charge in [-0.25, -0.2) is 14.8 Å². The van der Waals surface area contributed by atoms with Gasteiger partial charge in [-0.1, -0.05) is 18.2 Å². The molecule has 1 aliphatic rings. The van der Waals surface area contributed by atoms with Crippen LogP contribution in [0.2, 0.25) is 0 Å². The van der Waals surface area contributed by atoms with Gasteiger partial charge in [0.05, 0.1) is 55.3 Å². The number of benzene rings is 2. The van der Waals surface area contributed by atoms with Crippen LogP contribution in [0.25, 0.3) is 22.2 Å². The van der Waals surface area contributed by atoms with E-state index in [1.807, 2.05) is 30.1 Å². The number of anilines is 4. The maximum atomic E-state index is 11.3. The van der Waals surface area contributed by atoms with Crippen LogP contribution in [0.5, 0.6) is 5.75 Å². The maximum Gasteiger partial charge on any atom is 0.406 e. The van der Waals surface area contributed by atoms with Crippen molar-refractivity contribution in [1.29, 1.82) is 0 Å². The van der Waals surface area contributed by atoms with Gasteiger partial charge in [0, 0.05) is 49.4 Å². The van der Waals surface area contributed by atoms with Crippen LogP contribution in [0.3, 0.4) is 0 Å². The molecule has 11 nitrogen and oxygen atoms in total. The van der Waals surface area contributed by atoms with E-state index in [2.05, 4.69) is 38.4 Å². The van der Waals surface area contributed by atoms with E-state index in [0.717, 1.165) is 34.6 Å². The van der Waals surface area contributed by atoms with E-state index in [1.165, 1.54) is 12.6 Å². The number of nitrogen functional groups attached to an aromatic ring is 1. The van der Waals surface area contributed by atoms with Gasteiger partial charge in [0.2, 0.25) is 5.95 Å². The zero-order valence-electron chi connectivity index (χ0n) is 21.7. The van der Waals surface area contributed by atoms with Crippen molar-refractivity contribution in [3.8, 4) is 17.0 Å². The lowest BCUT2D eigenvalue weighted by atomic mass is 10.1. The summed E-state index contributed by atoms with van der Waals surface area (Å²) in [5, 5.41) is 6.82. The number of fused-ring (bicyclic) bond motifs is 3. The van der Waals surface area contributed by atoms with E-state index in [-0.39, 0.29) is 6.61 Å². The van der Waals surface area contributed by atoms with E-state index in [0.29, 0.717) is 42.8 Å². The lowest BCUT2D eigenvalue weighted by Crippen LogP contribution is -2.27. The molecule has 0 atom stereocenters. The quantitative estimate of drug-likeness (QED) is 0.299. The van der Waals surface area contributed by atoms with Gasteiger partial charge in [0.15, 0.2) is 0 Å². The molecule has 2 aromatic carbocycles. The minimum atomic E-state index is -0.480. The standard InChI is InChI=1S/C27H31N7O4/c1-29-27(35)38-13-10-33(2)22-15-24(36-3)20(14-18(22)28)32-26-30-9-8-19(31-26)25-17-6-4-5-7-21(17)34-11-12-37-16-23(25)34/h4-9,14-15H,10-13,16,28H2,1-3H3,(H,29,35)(H,30,31,32). The molecule has 4 aromatic rings. The minimum Gasteiger partial charge on any atom is -0.494 e. The second-order valence-corrected chi connectivity index (χ2v) is 8.85. The highest BCUT2D eigenvalue weighted by Gasteiger charge is 2.22. The SMILES string of the molecule is CNC(=O)OCCN(C)c1cc(OC)c(Nc2nccc(-c3c4n(c5ccccc35)CCOC4)n2)cc1N. The Balaban J connectivity index is 1.42. The molecule has 0 fully saturated rings. The van der Waals surface area contributed by atoms with Crippen molar-refractivity contribution >= 4 is 40.0 Å². The van der Waals surface area contributed by atoms with E-state index in [9.17, 15) is 4.79 Å². The molecule has 198 valence electrons. The van der Waals surface area contributed by atoms with Crippen LogP contribution in [0.4, 0.5) is 27.8 Å². The van der Waals surface area contributed by atoms with Gasteiger partial charge in [-0.15, -0.1) is 0 Å². The van der Waals surface area contributed by atoms with Crippen LogP contribution in [-0.2, 0) is 22.6 Å². The molecular weight excluding hydrogens is 486 g/mol. The number of para-hydroxylation sites is 1. The van der Waals surface area contributed by atoms with Gasteiger partial charge in [-0.05, 0) is 18.2 Å². The summed E-state index contributed by atoms with van der Waals surface area (Å²) in [7, 11) is 4.97. The number of likely N-dealkylation sites (N-methyl/N-ethyl adjacent to an activating group) is 1. The largest absolute Gasteiger partial charge is 0.494 e. The lowest BCUT2D eigenvalue weighted by Gasteiger charge is -2.23. The van der Waals surface area contributed by atoms with Crippen molar-refractivity contribution in [2.45, 2.75) is 13.2 Å². The highest BCUT2D eigenvalue weighted by atomic mass is 16.5. The second-order valence-electron chi connectivity index (χ2n) is 8.85. The van der Waals surface area contributed by atoms with Crippen molar-refractivity contribution in [2.75, 3.05) is 56.9 Å². The highest BCUT2D eigenvalue weighted by molar-refractivity contribution is 5.97. The molecule has 0 spiro atoms. The van der Waals surface area contributed by atoms with E-state index in [1.54, 1.807) is 19.4 Å². The first-order valence-corrected chi connectivity index (χ1v) is 12.3. The molecule has 4 N–H and O–H groups in total. The second kappa shape index (κ2) is 10.9. The summed E-state index contributed by atoms with van der Waals surface area (Å²) in [5.74, 6) is 0.989. The number of nitrogens with zero attached hydrogens (tertiary/aromatic N) is 4. The van der Waals surface area contributed by atoms with Crippen LogP contribution in [-0.4, -0.2) is 61.6 Å². The number of methoxy groups -OCH3 is 1. The maximum absolute atomic E-state index is 11.3. The van der Waals surface area contributed by atoms with Gasteiger partial charge in [-0.2, -0.15) is 0 Å². The molecule has 0 aliphatic carbocycles. The number of carbonyl (C=O) groups excluding carboxylic acids is 1. The summed E-state index contributed by atoms with van der Waals surface area (Å²) in [5.41, 5.74) is 12.4. The Bertz CT molecular complexity index is 1470. The van der Waals surface area contributed by atoms with Gasteiger partial charge in [0.25, 0.3) is 0 Å². The Kier molecular flexibility index (Phi) is 7.18. The zero-order chi connectivity index (χ0) is 26.6. The van der Waals surface area contributed by atoms with E-state index < -0.39 is 6.09 Å². The first kappa shape index (κ1) is 25.2. The molecule has 3 heterocycles. The lowest BCUT2D eigenvalue weighted by molar-refractivity contribution is 0.0869. The zero-order valence-corrected chi connectivity index (χ0v) is 21.7. The number of hydrogen-bond donors (Lipinski definition) is 3. The number of alkyl carbamates (subject to hydrolysis) is 1. The fraction of sp³-hybridized carbons (Fsp3) is 0.296. The highest BCUT2D eigenvalue weighted by Crippen LogP contribution is 2.38. The fourth-order valence-corrected chi connectivity index (χ4v) is 4.70. The third kappa shape index (κ3) is 4.88. The normalized spacial score (nSPS) is 12.6. The topological polar surface area (TPSA) is 129 Å². The molecule has 38 heavy (non-hydrogen) atoms. The number of ether oxygens (including phenoxy) is 3. The number of nitrogens with two attached hydrogens (primary N) is 1. The molecule has 0 saturated heterocycles. The summed E-state index contributed by atoms with van der Waals surface area (Å²) in [6.45, 7) is 2.70. The Morgan fingerprint density at radius 1 is 1.26 bits per heavy atom.